The van der Waals surface area contributed by atoms with E-state index in [1.165, 1.54) is 24.5 Å². The number of carbonyl (C=O) groups is 4. The molecule has 0 saturated carbocycles. The number of hydrogen-bond donors (Lipinski definition) is 2. The second-order valence-electron chi connectivity index (χ2n) is 10.3. The quantitative estimate of drug-likeness (QED) is 0.245. The molecule has 0 aliphatic heterocycles. The molecule has 0 aromatic carbocycles. The second kappa shape index (κ2) is 16.3. The highest BCUT2D eigenvalue weighted by molar-refractivity contribution is 5.99. The van der Waals surface area contributed by atoms with Gasteiger partial charge in [-0.1, -0.05) is 54.4 Å². The Morgan fingerprint density at radius 1 is 0.700 bits per heavy atom. The van der Waals surface area contributed by atoms with Crippen molar-refractivity contribution in [2.45, 2.75) is 79.3 Å². The highest BCUT2D eigenvalue weighted by atomic mass is 16.5. The second-order valence-corrected chi connectivity index (χ2v) is 10.3. The van der Waals surface area contributed by atoms with Crippen molar-refractivity contribution >= 4 is 23.8 Å². The van der Waals surface area contributed by atoms with Crippen LogP contribution in [0, 0.1) is 11.8 Å². The molecule has 218 valence electrons. The van der Waals surface area contributed by atoms with E-state index in [1.54, 1.807) is 12.1 Å². The summed E-state index contributed by atoms with van der Waals surface area (Å²) in [4.78, 5) is 59.7. The van der Waals surface area contributed by atoms with Crippen LogP contribution in [0.15, 0.2) is 36.7 Å². The summed E-state index contributed by atoms with van der Waals surface area (Å²) in [5.41, 5.74) is 1.30. The number of nitrogens with zero attached hydrogens (tertiary/aromatic N) is 2. The number of ether oxygens (including phenoxy) is 2. The summed E-state index contributed by atoms with van der Waals surface area (Å²) < 4.78 is 10.6. The molecule has 10 heteroatoms. The summed E-state index contributed by atoms with van der Waals surface area (Å²) >= 11 is 0. The van der Waals surface area contributed by atoms with Crippen molar-refractivity contribution in [3.05, 3.63) is 47.8 Å². The van der Waals surface area contributed by atoms with Gasteiger partial charge < -0.3 is 20.1 Å². The third-order valence-electron chi connectivity index (χ3n) is 6.21. The van der Waals surface area contributed by atoms with E-state index >= 15 is 0 Å². The summed E-state index contributed by atoms with van der Waals surface area (Å²) in [6, 6.07) is 4.56. The summed E-state index contributed by atoms with van der Waals surface area (Å²) in [7, 11) is 0. The lowest BCUT2D eigenvalue weighted by molar-refractivity contribution is -0.148. The minimum atomic E-state index is -0.798. The molecule has 0 unspecified atom stereocenters. The SMILES string of the molecule is CCCCOC(=O)[C@@H](NC(=O)c1ccnc(-c2cc(C(=O)N[C@H](C(=O)OCCCC)C(C)C)ccn2)c1)C(C)C. The highest BCUT2D eigenvalue weighted by Crippen LogP contribution is 2.18. The Hall–Kier alpha value is -3.82. The molecule has 0 spiro atoms. The first-order chi connectivity index (χ1) is 19.1. The molecule has 0 radical (unpaired) electrons. The maximum Gasteiger partial charge on any atom is 0.328 e. The van der Waals surface area contributed by atoms with Crippen molar-refractivity contribution in [2.24, 2.45) is 11.8 Å². The molecular weight excluding hydrogens is 512 g/mol. The van der Waals surface area contributed by atoms with Crippen LogP contribution >= 0.6 is 0 Å². The first kappa shape index (κ1) is 32.4. The van der Waals surface area contributed by atoms with Gasteiger partial charge in [0.15, 0.2) is 0 Å². The molecule has 40 heavy (non-hydrogen) atoms. The third kappa shape index (κ3) is 9.73. The van der Waals surface area contributed by atoms with Gasteiger partial charge in [0.05, 0.1) is 24.6 Å². The van der Waals surface area contributed by atoms with Crippen LogP contribution in [0.3, 0.4) is 0 Å². The number of carbonyl (C=O) groups excluding carboxylic acids is 4. The van der Waals surface area contributed by atoms with E-state index in [4.69, 9.17) is 9.47 Å². The van der Waals surface area contributed by atoms with Gasteiger partial charge in [0, 0.05) is 23.5 Å². The molecule has 2 atom stereocenters. The van der Waals surface area contributed by atoms with E-state index < -0.39 is 35.8 Å². The maximum absolute atomic E-state index is 13.0. The van der Waals surface area contributed by atoms with E-state index in [9.17, 15) is 19.2 Å². The lowest BCUT2D eigenvalue weighted by Crippen LogP contribution is -2.45. The fourth-order valence-electron chi connectivity index (χ4n) is 3.68. The zero-order valence-electron chi connectivity index (χ0n) is 24.4. The fourth-order valence-corrected chi connectivity index (χ4v) is 3.68. The molecule has 2 aromatic rings. The minimum Gasteiger partial charge on any atom is -0.464 e. The van der Waals surface area contributed by atoms with Crippen LogP contribution in [-0.2, 0) is 19.1 Å². The Kier molecular flexibility index (Phi) is 13.2. The molecular formula is C30H42N4O6. The van der Waals surface area contributed by atoms with Crippen molar-refractivity contribution in [3.63, 3.8) is 0 Å². The van der Waals surface area contributed by atoms with Crippen LogP contribution in [-0.4, -0.2) is 59.0 Å². The number of hydrogen-bond acceptors (Lipinski definition) is 8. The Balaban J connectivity index is 2.18. The van der Waals surface area contributed by atoms with Gasteiger partial charge in [0.25, 0.3) is 11.8 Å². The smallest absolute Gasteiger partial charge is 0.328 e. The topological polar surface area (TPSA) is 137 Å². The van der Waals surface area contributed by atoms with Gasteiger partial charge in [0.1, 0.15) is 12.1 Å². The van der Waals surface area contributed by atoms with Crippen LogP contribution in [0.2, 0.25) is 0 Å². The van der Waals surface area contributed by atoms with Gasteiger partial charge in [-0.25, -0.2) is 9.59 Å². The Morgan fingerprint density at radius 3 is 1.40 bits per heavy atom. The number of nitrogens with one attached hydrogen (secondary N) is 2. The normalized spacial score (nSPS) is 12.5. The number of rotatable bonds is 15. The number of esters is 2. The molecule has 2 N–H and O–H groups in total. The lowest BCUT2D eigenvalue weighted by atomic mass is 10.0. The summed E-state index contributed by atoms with van der Waals surface area (Å²) in [6.45, 7) is 11.9. The Morgan fingerprint density at radius 2 is 1.07 bits per heavy atom. The van der Waals surface area contributed by atoms with Gasteiger partial charge in [0.2, 0.25) is 0 Å². The first-order valence-corrected chi connectivity index (χ1v) is 14.0. The van der Waals surface area contributed by atoms with E-state index in [0.29, 0.717) is 24.6 Å². The number of amides is 2. The summed E-state index contributed by atoms with van der Waals surface area (Å²) in [5, 5.41) is 5.52. The van der Waals surface area contributed by atoms with E-state index in [-0.39, 0.29) is 23.0 Å². The molecule has 10 nitrogen and oxygen atoms in total. The molecule has 0 fully saturated rings. The van der Waals surface area contributed by atoms with Gasteiger partial charge in [-0.3, -0.25) is 19.6 Å². The monoisotopic (exact) mass is 554 g/mol. The molecule has 0 bridgehead atoms. The van der Waals surface area contributed by atoms with Crippen LogP contribution < -0.4 is 10.6 Å². The Labute approximate surface area is 236 Å². The van der Waals surface area contributed by atoms with E-state index in [2.05, 4.69) is 20.6 Å². The Bertz CT molecular complexity index is 1060. The number of aromatic nitrogens is 2. The van der Waals surface area contributed by atoms with Crippen molar-refractivity contribution in [2.75, 3.05) is 13.2 Å². The van der Waals surface area contributed by atoms with Crippen molar-refractivity contribution in [1.29, 1.82) is 0 Å². The third-order valence-corrected chi connectivity index (χ3v) is 6.21. The average Bonchev–Trinajstić information content (AvgIpc) is 2.94. The molecule has 2 aromatic heterocycles. The molecule has 2 rings (SSSR count). The zero-order chi connectivity index (χ0) is 29.7. The predicted octanol–water partition coefficient (Wildman–Crippen LogP) is 4.34. The van der Waals surface area contributed by atoms with Gasteiger partial charge in [-0.15, -0.1) is 0 Å². The van der Waals surface area contributed by atoms with Gasteiger partial charge >= 0.3 is 11.9 Å². The van der Waals surface area contributed by atoms with Crippen LogP contribution in [0.25, 0.3) is 11.4 Å². The number of pyridine rings is 2. The van der Waals surface area contributed by atoms with Crippen LogP contribution in [0.5, 0.6) is 0 Å². The first-order valence-electron chi connectivity index (χ1n) is 14.0. The summed E-state index contributed by atoms with van der Waals surface area (Å²) in [5.74, 6) is -2.19. The van der Waals surface area contributed by atoms with Gasteiger partial charge in [-0.2, -0.15) is 0 Å². The van der Waals surface area contributed by atoms with E-state index in [1.807, 2.05) is 41.5 Å². The average molecular weight is 555 g/mol. The van der Waals surface area contributed by atoms with E-state index in [0.717, 1.165) is 25.7 Å². The number of unbranched alkanes of at least 4 members (excludes halogenated alkanes) is 2. The van der Waals surface area contributed by atoms with Crippen molar-refractivity contribution in [3.8, 4) is 11.4 Å². The molecule has 0 aliphatic carbocycles. The predicted molar refractivity (Wildman–Crippen MR) is 151 cm³/mol. The van der Waals surface area contributed by atoms with Gasteiger partial charge in [-0.05, 0) is 48.9 Å². The zero-order valence-corrected chi connectivity index (χ0v) is 24.4. The fraction of sp³-hybridized carbons (Fsp3) is 0.533. The standard InChI is InChI=1S/C30H42N4O6/c1-7-9-15-39-29(37)25(19(3)4)33-27(35)21-11-13-31-23(17-21)24-18-22(12-14-32-24)28(36)34-26(20(5)6)30(38)40-16-10-8-2/h11-14,17-20,25-26H,7-10,15-16H2,1-6H3,(H,33,35)(H,34,36)/t25-,26-/m0/s1. The van der Waals surface area contributed by atoms with Crippen molar-refractivity contribution in [1.82, 2.24) is 20.6 Å². The molecule has 2 amide bonds. The van der Waals surface area contributed by atoms with Crippen molar-refractivity contribution < 1.29 is 28.7 Å². The molecule has 2 heterocycles. The summed E-state index contributed by atoms with van der Waals surface area (Å²) in [6.07, 6.45) is 6.22. The maximum atomic E-state index is 13.0. The largest absolute Gasteiger partial charge is 0.464 e. The minimum absolute atomic E-state index is 0.171. The van der Waals surface area contributed by atoms with Crippen LogP contribution in [0.4, 0.5) is 0 Å². The highest BCUT2D eigenvalue weighted by Gasteiger charge is 2.27. The molecule has 0 aliphatic rings. The lowest BCUT2D eigenvalue weighted by Gasteiger charge is -2.21. The van der Waals surface area contributed by atoms with Crippen LogP contribution in [0.1, 0.15) is 87.9 Å². The molecule has 0 saturated heterocycles.